The molecule has 1 heterocycles. The number of carbonyl (C=O) groups excluding carboxylic acids is 1. The predicted octanol–water partition coefficient (Wildman–Crippen LogP) is 3.96. The lowest BCUT2D eigenvalue weighted by Gasteiger charge is -2.10. The number of anilines is 1. The second-order valence-corrected chi connectivity index (χ2v) is 6.17. The number of fused-ring (bicyclic) bond motifs is 1. The number of rotatable bonds is 2. The molecule has 1 unspecified atom stereocenters. The maximum Gasteiger partial charge on any atom is 0.245 e. The fourth-order valence-electron chi connectivity index (χ4n) is 2.02. The van der Waals surface area contributed by atoms with Gasteiger partial charge in [0.15, 0.2) is 0 Å². The number of nitrogens with two attached hydrogens (primary N) is 1. The summed E-state index contributed by atoms with van der Waals surface area (Å²) in [5.41, 5.74) is 7.26. The van der Waals surface area contributed by atoms with Crippen LogP contribution in [0.4, 0.5) is 5.69 Å². The SMILES string of the molecule is NC1C(=O)Nc2cc(Oc3cccc(Br)c3)c(Br)cc21. The van der Waals surface area contributed by atoms with Crippen LogP contribution in [0.25, 0.3) is 0 Å². The minimum Gasteiger partial charge on any atom is -0.456 e. The van der Waals surface area contributed by atoms with Gasteiger partial charge in [0.2, 0.25) is 5.91 Å². The van der Waals surface area contributed by atoms with Gasteiger partial charge in [0.1, 0.15) is 17.5 Å². The monoisotopic (exact) mass is 396 g/mol. The lowest BCUT2D eigenvalue weighted by atomic mass is 10.1. The molecule has 0 saturated heterocycles. The molecule has 1 amide bonds. The molecule has 6 heteroatoms. The van der Waals surface area contributed by atoms with Crippen LogP contribution in [0.15, 0.2) is 45.3 Å². The van der Waals surface area contributed by atoms with Crippen LogP contribution in [0.2, 0.25) is 0 Å². The molecule has 0 radical (unpaired) electrons. The number of amides is 1. The third kappa shape index (κ3) is 2.46. The second-order valence-electron chi connectivity index (χ2n) is 4.40. The van der Waals surface area contributed by atoms with E-state index in [-0.39, 0.29) is 5.91 Å². The van der Waals surface area contributed by atoms with Crippen molar-refractivity contribution < 1.29 is 9.53 Å². The van der Waals surface area contributed by atoms with Crippen molar-refractivity contribution in [3.05, 3.63) is 50.9 Å². The molecule has 0 fully saturated rings. The second kappa shape index (κ2) is 5.20. The minimum absolute atomic E-state index is 0.202. The third-order valence-corrected chi connectivity index (χ3v) is 4.12. The largest absolute Gasteiger partial charge is 0.456 e. The van der Waals surface area contributed by atoms with Crippen LogP contribution in [-0.2, 0) is 4.79 Å². The molecular formula is C14H10Br2N2O2. The summed E-state index contributed by atoms with van der Waals surface area (Å²) in [5.74, 6) is 1.12. The zero-order chi connectivity index (χ0) is 14.3. The van der Waals surface area contributed by atoms with E-state index in [1.807, 2.05) is 30.3 Å². The Morgan fingerprint density at radius 2 is 2.00 bits per heavy atom. The first kappa shape index (κ1) is 13.6. The predicted molar refractivity (Wildman–Crippen MR) is 83.9 cm³/mol. The summed E-state index contributed by atoms with van der Waals surface area (Å²) in [6, 6.07) is 10.5. The summed E-state index contributed by atoms with van der Waals surface area (Å²) in [6.07, 6.45) is 0. The number of benzene rings is 2. The molecule has 102 valence electrons. The summed E-state index contributed by atoms with van der Waals surface area (Å²) < 4.78 is 7.50. The molecule has 3 N–H and O–H groups in total. The van der Waals surface area contributed by atoms with Crippen LogP contribution in [0.1, 0.15) is 11.6 Å². The Bertz CT molecular complexity index is 704. The number of hydrogen-bond acceptors (Lipinski definition) is 3. The van der Waals surface area contributed by atoms with Crippen molar-refractivity contribution in [3.8, 4) is 11.5 Å². The molecule has 0 aromatic heterocycles. The van der Waals surface area contributed by atoms with Gasteiger partial charge in [0.25, 0.3) is 0 Å². The zero-order valence-electron chi connectivity index (χ0n) is 10.2. The quantitative estimate of drug-likeness (QED) is 0.806. The molecule has 0 saturated carbocycles. The summed E-state index contributed by atoms with van der Waals surface area (Å²) >= 11 is 6.84. The van der Waals surface area contributed by atoms with Gasteiger partial charge < -0.3 is 15.8 Å². The first-order valence-corrected chi connectivity index (χ1v) is 7.46. The van der Waals surface area contributed by atoms with Crippen molar-refractivity contribution in [2.45, 2.75) is 6.04 Å². The van der Waals surface area contributed by atoms with E-state index in [1.54, 1.807) is 6.07 Å². The van der Waals surface area contributed by atoms with Crippen molar-refractivity contribution in [2.75, 3.05) is 5.32 Å². The number of hydrogen-bond donors (Lipinski definition) is 2. The van der Waals surface area contributed by atoms with Crippen molar-refractivity contribution >= 4 is 43.5 Å². The molecule has 2 aromatic carbocycles. The third-order valence-electron chi connectivity index (χ3n) is 3.00. The van der Waals surface area contributed by atoms with Crippen molar-refractivity contribution in [1.82, 2.24) is 0 Å². The standard InChI is InChI=1S/C14H10Br2N2O2/c15-7-2-1-3-8(4-7)20-12-6-11-9(5-10(12)16)13(17)14(19)18-11/h1-6,13H,17H2,(H,18,19). The highest BCUT2D eigenvalue weighted by atomic mass is 79.9. The highest BCUT2D eigenvalue weighted by Crippen LogP contribution is 2.39. The molecule has 1 aliphatic rings. The number of nitrogens with one attached hydrogen (secondary N) is 1. The summed E-state index contributed by atoms with van der Waals surface area (Å²) in [4.78, 5) is 11.6. The molecular weight excluding hydrogens is 388 g/mol. The molecule has 1 aliphatic heterocycles. The fourth-order valence-corrected chi connectivity index (χ4v) is 2.84. The average molecular weight is 398 g/mol. The van der Waals surface area contributed by atoms with E-state index in [9.17, 15) is 4.79 Å². The lowest BCUT2D eigenvalue weighted by Crippen LogP contribution is -2.19. The Balaban J connectivity index is 1.96. The van der Waals surface area contributed by atoms with Gasteiger partial charge in [0, 0.05) is 21.8 Å². The van der Waals surface area contributed by atoms with E-state index in [4.69, 9.17) is 10.5 Å². The van der Waals surface area contributed by atoms with Crippen molar-refractivity contribution in [1.29, 1.82) is 0 Å². The van der Waals surface area contributed by atoms with Crippen LogP contribution >= 0.6 is 31.9 Å². The van der Waals surface area contributed by atoms with Gasteiger partial charge in [-0.25, -0.2) is 0 Å². The van der Waals surface area contributed by atoms with E-state index in [0.29, 0.717) is 17.2 Å². The lowest BCUT2D eigenvalue weighted by molar-refractivity contribution is -0.116. The van der Waals surface area contributed by atoms with Gasteiger partial charge in [0.05, 0.1) is 4.47 Å². The Labute approximate surface area is 132 Å². The molecule has 4 nitrogen and oxygen atoms in total. The van der Waals surface area contributed by atoms with Gasteiger partial charge in [-0.15, -0.1) is 0 Å². The Kier molecular flexibility index (Phi) is 3.54. The van der Waals surface area contributed by atoms with Gasteiger partial charge >= 0.3 is 0 Å². The van der Waals surface area contributed by atoms with Gasteiger partial charge in [-0.1, -0.05) is 22.0 Å². The van der Waals surface area contributed by atoms with E-state index < -0.39 is 6.04 Å². The van der Waals surface area contributed by atoms with E-state index in [2.05, 4.69) is 37.2 Å². The Morgan fingerprint density at radius 3 is 2.75 bits per heavy atom. The van der Waals surface area contributed by atoms with Gasteiger partial charge in [-0.3, -0.25) is 4.79 Å². The molecule has 0 bridgehead atoms. The fraction of sp³-hybridized carbons (Fsp3) is 0.0714. The van der Waals surface area contributed by atoms with Gasteiger partial charge in [-0.05, 0) is 40.2 Å². The number of ether oxygens (including phenoxy) is 1. The summed E-state index contributed by atoms with van der Waals surface area (Å²) in [7, 11) is 0. The van der Waals surface area contributed by atoms with Crippen LogP contribution in [-0.4, -0.2) is 5.91 Å². The zero-order valence-corrected chi connectivity index (χ0v) is 13.4. The highest BCUT2D eigenvalue weighted by Gasteiger charge is 2.28. The van der Waals surface area contributed by atoms with E-state index >= 15 is 0 Å². The number of carbonyl (C=O) groups is 1. The molecule has 0 spiro atoms. The maximum atomic E-state index is 11.6. The van der Waals surface area contributed by atoms with Crippen LogP contribution in [0, 0.1) is 0 Å². The maximum absolute atomic E-state index is 11.6. The van der Waals surface area contributed by atoms with Crippen LogP contribution < -0.4 is 15.8 Å². The molecule has 0 aliphatic carbocycles. The average Bonchev–Trinajstić information content (AvgIpc) is 2.66. The highest BCUT2D eigenvalue weighted by molar-refractivity contribution is 9.10. The minimum atomic E-state index is -0.624. The van der Waals surface area contributed by atoms with Crippen LogP contribution in [0.5, 0.6) is 11.5 Å². The van der Waals surface area contributed by atoms with E-state index in [0.717, 1.165) is 14.5 Å². The van der Waals surface area contributed by atoms with E-state index in [1.165, 1.54) is 0 Å². The van der Waals surface area contributed by atoms with Gasteiger partial charge in [-0.2, -0.15) is 0 Å². The first-order chi connectivity index (χ1) is 9.54. The molecule has 20 heavy (non-hydrogen) atoms. The Morgan fingerprint density at radius 1 is 1.20 bits per heavy atom. The molecule has 1 atom stereocenters. The Hall–Kier alpha value is -1.37. The normalized spacial score (nSPS) is 16.8. The van der Waals surface area contributed by atoms with Crippen molar-refractivity contribution in [3.63, 3.8) is 0 Å². The smallest absolute Gasteiger partial charge is 0.245 e. The van der Waals surface area contributed by atoms with Crippen LogP contribution in [0.3, 0.4) is 0 Å². The summed E-state index contributed by atoms with van der Waals surface area (Å²) in [6.45, 7) is 0. The van der Waals surface area contributed by atoms with Crippen molar-refractivity contribution in [2.24, 2.45) is 5.73 Å². The topological polar surface area (TPSA) is 64.4 Å². The first-order valence-electron chi connectivity index (χ1n) is 5.88. The summed E-state index contributed by atoms with van der Waals surface area (Å²) in [5, 5.41) is 2.74. The molecule has 2 aromatic rings. The molecule has 3 rings (SSSR count). The number of halogens is 2.